The molecule has 0 saturated carbocycles. The lowest BCUT2D eigenvalue weighted by Crippen LogP contribution is -2.33. The molecular weight excluding hydrogens is 260 g/mol. The molecule has 0 radical (unpaired) electrons. The Morgan fingerprint density at radius 1 is 1.10 bits per heavy atom. The summed E-state index contributed by atoms with van der Waals surface area (Å²) in [7, 11) is 0. The smallest absolute Gasteiger partial charge is 0.118 e. The predicted molar refractivity (Wildman–Crippen MR) is 90.4 cm³/mol. The van der Waals surface area contributed by atoms with Crippen LogP contribution in [0.2, 0.25) is 0 Å². The van der Waals surface area contributed by atoms with Crippen molar-refractivity contribution in [2.24, 2.45) is 11.8 Å². The van der Waals surface area contributed by atoms with Gasteiger partial charge in [0.1, 0.15) is 11.5 Å². The summed E-state index contributed by atoms with van der Waals surface area (Å²) >= 11 is 0. The Bertz CT molecular complexity index is 407. The largest absolute Gasteiger partial charge is 0.465 e. The molecule has 0 unspecified atom stereocenters. The fourth-order valence-electron chi connectivity index (χ4n) is 2.46. The molecule has 3 nitrogen and oxygen atoms in total. The Kier molecular flexibility index (Phi) is 7.47. The molecule has 0 spiro atoms. The zero-order valence-electron chi connectivity index (χ0n) is 15.0. The predicted octanol–water partition coefficient (Wildman–Crippen LogP) is 4.20. The summed E-state index contributed by atoms with van der Waals surface area (Å²) in [5.41, 5.74) is 1.32. The Labute approximate surface area is 131 Å². The molecule has 0 aliphatic carbocycles. The number of hydrogen-bond donors (Lipinski definition) is 1. The van der Waals surface area contributed by atoms with Gasteiger partial charge in [0.25, 0.3) is 0 Å². The number of hydrogen-bond acceptors (Lipinski definition) is 3. The van der Waals surface area contributed by atoms with Gasteiger partial charge in [-0.3, -0.25) is 4.90 Å². The van der Waals surface area contributed by atoms with Gasteiger partial charge in [0.15, 0.2) is 0 Å². The van der Waals surface area contributed by atoms with Crippen LogP contribution in [0, 0.1) is 18.8 Å². The van der Waals surface area contributed by atoms with Crippen molar-refractivity contribution in [3.8, 4) is 0 Å². The molecule has 1 rings (SSSR count). The Morgan fingerprint density at radius 3 is 2.29 bits per heavy atom. The van der Waals surface area contributed by atoms with Gasteiger partial charge >= 0.3 is 0 Å². The van der Waals surface area contributed by atoms with Crippen molar-refractivity contribution >= 4 is 0 Å². The van der Waals surface area contributed by atoms with E-state index in [2.05, 4.69) is 64.7 Å². The van der Waals surface area contributed by atoms with Crippen molar-refractivity contribution in [1.29, 1.82) is 0 Å². The first-order chi connectivity index (χ1) is 9.79. The lowest BCUT2D eigenvalue weighted by Gasteiger charge is -2.27. The molecule has 0 atom stereocenters. The fourth-order valence-corrected chi connectivity index (χ4v) is 2.46. The number of rotatable bonds is 9. The molecule has 0 saturated heterocycles. The minimum atomic E-state index is 0.559. The van der Waals surface area contributed by atoms with Crippen LogP contribution in [0.5, 0.6) is 0 Å². The van der Waals surface area contributed by atoms with Gasteiger partial charge in [-0.1, -0.05) is 27.7 Å². The van der Waals surface area contributed by atoms with Crippen molar-refractivity contribution in [3.63, 3.8) is 0 Å². The van der Waals surface area contributed by atoms with Crippen LogP contribution in [-0.2, 0) is 13.1 Å². The quantitative estimate of drug-likeness (QED) is 0.740. The second-order valence-electron chi connectivity index (χ2n) is 7.24. The third-order valence-electron chi connectivity index (χ3n) is 3.63. The molecule has 0 aromatic carbocycles. The minimum absolute atomic E-state index is 0.559. The molecule has 1 aromatic heterocycles. The Hall–Kier alpha value is -0.800. The van der Waals surface area contributed by atoms with Crippen LogP contribution in [0.4, 0.5) is 0 Å². The van der Waals surface area contributed by atoms with Crippen LogP contribution >= 0.6 is 0 Å². The highest BCUT2D eigenvalue weighted by Crippen LogP contribution is 2.19. The summed E-state index contributed by atoms with van der Waals surface area (Å²) in [6, 6.07) is 2.78. The molecule has 0 aliphatic heterocycles. The van der Waals surface area contributed by atoms with Crippen LogP contribution in [0.1, 0.15) is 58.6 Å². The monoisotopic (exact) mass is 294 g/mol. The molecule has 21 heavy (non-hydrogen) atoms. The molecule has 1 heterocycles. The Morgan fingerprint density at radius 2 is 1.76 bits per heavy atom. The first-order valence-corrected chi connectivity index (χ1v) is 8.32. The standard InChI is InChI=1S/C18H34N2O/c1-13(2)9-19-10-18-8-17(16(7)21-18)12-20(15(5)6)11-14(3)4/h8,13-15,19H,9-12H2,1-7H3. The number of nitrogens with zero attached hydrogens (tertiary/aromatic N) is 1. The second kappa shape index (κ2) is 8.60. The second-order valence-corrected chi connectivity index (χ2v) is 7.24. The first kappa shape index (κ1) is 18.2. The van der Waals surface area contributed by atoms with Crippen molar-refractivity contribution in [2.75, 3.05) is 13.1 Å². The summed E-state index contributed by atoms with van der Waals surface area (Å²) in [6.07, 6.45) is 0. The SMILES string of the molecule is Cc1oc(CNCC(C)C)cc1CN(CC(C)C)C(C)C. The number of furan rings is 1. The van der Waals surface area contributed by atoms with E-state index < -0.39 is 0 Å². The van der Waals surface area contributed by atoms with Crippen LogP contribution in [0.3, 0.4) is 0 Å². The van der Waals surface area contributed by atoms with Gasteiger partial charge < -0.3 is 9.73 Å². The average molecular weight is 294 g/mol. The molecule has 0 fully saturated rings. The summed E-state index contributed by atoms with van der Waals surface area (Å²) in [6.45, 7) is 19.6. The van der Waals surface area contributed by atoms with Crippen LogP contribution < -0.4 is 5.32 Å². The third-order valence-corrected chi connectivity index (χ3v) is 3.63. The van der Waals surface area contributed by atoms with E-state index in [0.717, 1.165) is 37.7 Å². The molecule has 3 heteroatoms. The molecule has 1 aromatic rings. The first-order valence-electron chi connectivity index (χ1n) is 8.32. The summed E-state index contributed by atoms with van der Waals surface area (Å²) in [5, 5.41) is 3.44. The minimum Gasteiger partial charge on any atom is -0.465 e. The highest BCUT2D eigenvalue weighted by atomic mass is 16.3. The van der Waals surface area contributed by atoms with E-state index in [1.165, 1.54) is 5.56 Å². The van der Waals surface area contributed by atoms with E-state index >= 15 is 0 Å². The van der Waals surface area contributed by atoms with Gasteiger partial charge in [-0.15, -0.1) is 0 Å². The van der Waals surface area contributed by atoms with Gasteiger partial charge in [-0.05, 0) is 45.2 Å². The van der Waals surface area contributed by atoms with Gasteiger partial charge in [0.2, 0.25) is 0 Å². The van der Waals surface area contributed by atoms with Gasteiger partial charge in [0.05, 0.1) is 6.54 Å². The van der Waals surface area contributed by atoms with E-state index in [9.17, 15) is 0 Å². The van der Waals surface area contributed by atoms with Crippen molar-refractivity contribution in [2.45, 2.75) is 67.6 Å². The fraction of sp³-hybridized carbons (Fsp3) is 0.778. The van der Waals surface area contributed by atoms with E-state index in [1.54, 1.807) is 0 Å². The van der Waals surface area contributed by atoms with Crippen molar-refractivity contribution in [3.05, 3.63) is 23.2 Å². The molecule has 0 bridgehead atoms. The molecule has 1 N–H and O–H groups in total. The van der Waals surface area contributed by atoms with E-state index in [1.807, 2.05) is 0 Å². The molecular formula is C18H34N2O. The highest BCUT2D eigenvalue weighted by Gasteiger charge is 2.15. The van der Waals surface area contributed by atoms with Gasteiger partial charge in [0, 0.05) is 24.7 Å². The number of nitrogens with one attached hydrogen (secondary N) is 1. The van der Waals surface area contributed by atoms with Gasteiger partial charge in [-0.25, -0.2) is 0 Å². The lowest BCUT2D eigenvalue weighted by atomic mass is 10.1. The molecule has 0 aliphatic rings. The van der Waals surface area contributed by atoms with Crippen molar-refractivity contribution in [1.82, 2.24) is 10.2 Å². The summed E-state index contributed by atoms with van der Waals surface area (Å²) in [4.78, 5) is 2.52. The number of aryl methyl sites for hydroxylation is 1. The zero-order valence-corrected chi connectivity index (χ0v) is 15.0. The summed E-state index contributed by atoms with van der Waals surface area (Å²) in [5.74, 6) is 3.47. The lowest BCUT2D eigenvalue weighted by molar-refractivity contribution is 0.188. The van der Waals surface area contributed by atoms with E-state index in [4.69, 9.17) is 4.42 Å². The summed E-state index contributed by atoms with van der Waals surface area (Å²) < 4.78 is 5.89. The maximum Gasteiger partial charge on any atom is 0.118 e. The van der Waals surface area contributed by atoms with Crippen LogP contribution in [-0.4, -0.2) is 24.0 Å². The van der Waals surface area contributed by atoms with E-state index in [-0.39, 0.29) is 0 Å². The zero-order chi connectivity index (χ0) is 16.0. The average Bonchev–Trinajstić information content (AvgIpc) is 2.68. The molecule has 0 amide bonds. The van der Waals surface area contributed by atoms with Crippen molar-refractivity contribution < 1.29 is 4.42 Å². The third kappa shape index (κ3) is 6.66. The maximum absolute atomic E-state index is 5.89. The van der Waals surface area contributed by atoms with E-state index in [0.29, 0.717) is 17.9 Å². The normalized spacial score (nSPS) is 12.3. The van der Waals surface area contributed by atoms with Crippen LogP contribution in [0.15, 0.2) is 10.5 Å². The van der Waals surface area contributed by atoms with Gasteiger partial charge in [-0.2, -0.15) is 0 Å². The van der Waals surface area contributed by atoms with Crippen LogP contribution in [0.25, 0.3) is 0 Å². The molecule has 122 valence electrons. The highest BCUT2D eigenvalue weighted by molar-refractivity contribution is 5.20. The maximum atomic E-state index is 5.89. The Balaban J connectivity index is 2.63. The topological polar surface area (TPSA) is 28.4 Å².